The van der Waals surface area contributed by atoms with E-state index in [4.69, 9.17) is 45.0 Å². The van der Waals surface area contributed by atoms with E-state index in [-0.39, 0.29) is 35.0 Å². The first-order valence-corrected chi connectivity index (χ1v) is 53.4. The molecule has 16 nitrogen and oxygen atoms in total. The van der Waals surface area contributed by atoms with Crippen molar-refractivity contribution in [2.75, 3.05) is 37.9 Å². The van der Waals surface area contributed by atoms with Crippen LogP contribution in [0.2, 0.25) is 5.02 Å². The third-order valence-corrected chi connectivity index (χ3v) is 37.1. The Bertz CT molecular complexity index is 5890. The quantitative estimate of drug-likeness (QED) is 0.0261. The van der Waals surface area contributed by atoms with Crippen LogP contribution in [0.5, 0.6) is 0 Å². The van der Waals surface area contributed by atoms with Gasteiger partial charge in [-0.15, -0.1) is 23.2 Å². The van der Waals surface area contributed by atoms with Gasteiger partial charge in [0.25, 0.3) is 23.6 Å². The monoisotopic (exact) mass is 2030 g/mol. The summed E-state index contributed by atoms with van der Waals surface area (Å²) in [5.74, 6) is 6.52. The lowest BCUT2D eigenvalue weighted by atomic mass is 9.45. The maximum absolute atomic E-state index is 14.9. The van der Waals surface area contributed by atoms with E-state index in [1.807, 2.05) is 30.3 Å². The van der Waals surface area contributed by atoms with Crippen molar-refractivity contribution in [3.63, 3.8) is 0 Å². The summed E-state index contributed by atoms with van der Waals surface area (Å²) in [5, 5.41) is 32.5. The molecule has 8 bridgehead atoms. The molecule has 12 atom stereocenters. The highest BCUT2D eigenvalue weighted by Crippen LogP contribution is 2.65. The van der Waals surface area contributed by atoms with Crippen LogP contribution in [0.4, 0.5) is 17.6 Å². The van der Waals surface area contributed by atoms with E-state index < -0.39 is 23.3 Å². The summed E-state index contributed by atoms with van der Waals surface area (Å²) in [6, 6.07) is 31.5. The third kappa shape index (κ3) is 18.4. The Morgan fingerprint density at radius 2 is 0.691 bits per heavy atom. The average Bonchev–Trinajstić information content (AvgIpc) is 1.09. The van der Waals surface area contributed by atoms with Crippen LogP contribution < -0.4 is 21.3 Å². The molecule has 4 N–H and O–H groups in total. The maximum Gasteiger partial charge on any atom is 0.272 e. The molecule has 16 aliphatic rings. The first kappa shape index (κ1) is 96.5. The number of carbonyl (C=O) groups is 4. The summed E-state index contributed by atoms with van der Waals surface area (Å²) in [5.41, 5.74) is 21.6. The Labute approximate surface area is 829 Å². The number of aromatic nitrogens is 8. The van der Waals surface area contributed by atoms with Crippen LogP contribution in [0.25, 0.3) is 56.4 Å². The van der Waals surface area contributed by atoms with Gasteiger partial charge in [0, 0.05) is 122 Å². The van der Waals surface area contributed by atoms with Gasteiger partial charge in [-0.3, -0.25) is 28.5 Å². The molecule has 0 saturated heterocycles. The SMILES string of the molecule is CC1(C)C2CCC(CNC(=O)c3nn(-c4ccc(F)cc4F)c4c3CCc3cc(Br)ccc3-4)C1C2.CC1(C)C2CCC(CNC(=O)c3nn(-c4ccc(F)cc4F)c4c3CCc3cc(Cl)ccc3-4)C1C2.CC1(C)C2CCC(CNC(=O)c3nn(CCCCCCl)c4c3CCc3cc(Br)ccc3-4)C1C2.Cc1ccc2c(c1)CCc1c(C(=O)NCC3CCC4CC3C4(C)C)nn(CCCCCCl)c1-2. The van der Waals surface area contributed by atoms with E-state index >= 15 is 0 Å². The molecule has 136 heavy (non-hydrogen) atoms. The van der Waals surface area contributed by atoms with Crippen molar-refractivity contribution in [2.24, 2.45) is 92.7 Å². The summed E-state index contributed by atoms with van der Waals surface area (Å²) >= 11 is 25.1. The molecule has 25 heteroatoms. The number of carbonyl (C=O) groups excluding carboxylic acids is 4. The van der Waals surface area contributed by atoms with E-state index in [2.05, 4.69) is 171 Å². The van der Waals surface area contributed by atoms with Gasteiger partial charge in [0.2, 0.25) is 0 Å². The number of nitrogens with zero attached hydrogens (tertiary/aromatic N) is 8. The number of hydrogen-bond acceptors (Lipinski definition) is 8. The summed E-state index contributed by atoms with van der Waals surface area (Å²) in [4.78, 5) is 53.6. The summed E-state index contributed by atoms with van der Waals surface area (Å²) in [6.07, 6.45) is 27.7. The van der Waals surface area contributed by atoms with Crippen LogP contribution in [-0.4, -0.2) is 101 Å². The Morgan fingerprint density at radius 3 is 1.03 bits per heavy atom. The van der Waals surface area contributed by atoms with Crippen LogP contribution in [0.3, 0.4) is 0 Å². The lowest BCUT2D eigenvalue weighted by Crippen LogP contribution is -2.54. The zero-order valence-corrected chi connectivity index (χ0v) is 85.4. The van der Waals surface area contributed by atoms with Gasteiger partial charge >= 0.3 is 0 Å². The third-order valence-electron chi connectivity index (χ3n) is 35.4. The first-order valence-electron chi connectivity index (χ1n) is 50.3. The van der Waals surface area contributed by atoms with Gasteiger partial charge in [0.05, 0.1) is 22.8 Å². The van der Waals surface area contributed by atoms with Gasteiger partial charge in [-0.05, 0) is 337 Å². The number of benzene rings is 6. The van der Waals surface area contributed by atoms with Crippen molar-refractivity contribution in [1.82, 2.24) is 60.4 Å². The number of halogens is 9. The molecule has 12 saturated carbocycles. The fourth-order valence-electron chi connectivity index (χ4n) is 27.0. The molecule has 12 fully saturated rings. The second kappa shape index (κ2) is 39.2. The van der Waals surface area contributed by atoms with E-state index in [0.29, 0.717) is 140 Å². The number of hydrogen-bond donors (Lipinski definition) is 4. The van der Waals surface area contributed by atoms with E-state index in [9.17, 15) is 36.7 Å². The Morgan fingerprint density at radius 1 is 0.375 bits per heavy atom. The van der Waals surface area contributed by atoms with Crippen molar-refractivity contribution in [1.29, 1.82) is 0 Å². The molecule has 720 valence electrons. The minimum atomic E-state index is -0.729. The number of unbranched alkanes of at least 4 members (excludes halogenated alkanes) is 4. The zero-order chi connectivity index (χ0) is 95.3. The molecular weight excluding hydrogens is 1910 g/mol. The molecule has 26 rings (SSSR count). The van der Waals surface area contributed by atoms with Crippen molar-refractivity contribution in [2.45, 2.75) is 242 Å². The Hall–Kier alpha value is -8.41. The highest BCUT2D eigenvalue weighted by Gasteiger charge is 2.58. The van der Waals surface area contributed by atoms with Crippen molar-refractivity contribution >= 4 is 90.3 Å². The number of nitrogens with one attached hydrogen (secondary N) is 4. The van der Waals surface area contributed by atoms with E-state index in [1.54, 1.807) is 6.07 Å². The lowest BCUT2D eigenvalue weighted by Gasteiger charge is -2.60. The number of amides is 4. The van der Waals surface area contributed by atoms with Crippen LogP contribution in [-0.2, 0) is 64.5 Å². The zero-order valence-electron chi connectivity index (χ0n) is 80.0. The molecule has 16 aliphatic carbocycles. The molecule has 4 amide bonds. The Kier molecular flexibility index (Phi) is 27.8. The number of fused-ring (bicyclic) bond motifs is 20. The highest BCUT2D eigenvalue weighted by molar-refractivity contribution is 9.10. The fourth-order valence-corrected chi connectivity index (χ4v) is 28.4. The van der Waals surface area contributed by atoms with Crippen molar-refractivity contribution in [3.05, 3.63) is 219 Å². The second-order valence-electron chi connectivity index (χ2n) is 43.9. The van der Waals surface area contributed by atoms with Gasteiger partial charge < -0.3 is 21.3 Å². The second-order valence-corrected chi connectivity index (χ2v) is 46.9. The molecule has 0 spiro atoms. The molecule has 4 aromatic heterocycles. The smallest absolute Gasteiger partial charge is 0.272 e. The van der Waals surface area contributed by atoms with Gasteiger partial charge in [-0.25, -0.2) is 26.9 Å². The summed E-state index contributed by atoms with van der Waals surface area (Å²) < 4.78 is 66.2. The van der Waals surface area contributed by atoms with Crippen LogP contribution in [0.1, 0.15) is 263 Å². The number of rotatable bonds is 24. The molecule has 0 radical (unpaired) electrons. The van der Waals surface area contributed by atoms with Gasteiger partial charge in [-0.2, -0.15) is 20.4 Å². The first-order chi connectivity index (χ1) is 65.3. The average molecular weight is 2040 g/mol. The molecule has 10 aromatic rings. The van der Waals surface area contributed by atoms with Crippen LogP contribution >= 0.6 is 66.7 Å². The van der Waals surface area contributed by atoms with Crippen molar-refractivity contribution in [3.8, 4) is 56.4 Å². The highest BCUT2D eigenvalue weighted by atomic mass is 79.9. The maximum atomic E-state index is 14.9. The predicted octanol–water partition coefficient (Wildman–Crippen LogP) is 25.6. The number of alkyl halides is 2. The van der Waals surface area contributed by atoms with Gasteiger partial charge in [-0.1, -0.05) is 154 Å². The Balaban J connectivity index is 0.000000116. The normalized spacial score (nSPS) is 24.1. The topological polar surface area (TPSA) is 188 Å². The van der Waals surface area contributed by atoms with Gasteiger partial charge in [0.15, 0.2) is 34.4 Å². The molecular formula is C111H129Br2Cl3F4N12O4. The van der Waals surface area contributed by atoms with E-state index in [1.165, 1.54) is 126 Å². The molecule has 6 aromatic carbocycles. The predicted molar refractivity (Wildman–Crippen MR) is 539 cm³/mol. The van der Waals surface area contributed by atoms with Crippen molar-refractivity contribution < 1.29 is 36.7 Å². The minimum absolute atomic E-state index is 0.00516. The summed E-state index contributed by atoms with van der Waals surface area (Å²) in [7, 11) is 0. The summed E-state index contributed by atoms with van der Waals surface area (Å²) in [6.45, 7) is 25.7. The van der Waals surface area contributed by atoms with Crippen LogP contribution in [0, 0.1) is 123 Å². The van der Waals surface area contributed by atoms with Crippen LogP contribution in [0.15, 0.2) is 118 Å². The van der Waals surface area contributed by atoms with Gasteiger partial charge in [0.1, 0.15) is 23.0 Å². The standard InChI is InChI=1S/C28H28BrF2N3O.C28H28ClF2N3O.C28H38ClN3O.C27H35BrClN3O/c2*1-28(2)17-5-3-16(22(28)12-17)14-32-27(35)25-21-8-4-15-11-18(29)6-9-20(15)26(21)34(33-25)24-10-7-19(30)13-23(24)31;1-18-7-11-22-19(15-18)9-12-23-25(31-32(26(22)23)14-6-4-5-13-29)27(33)30-17-20-8-10-21-16-24(20)28(21,2)3;1-27(2)19-8-6-18(23(27)15-19)16-30-26(33)24-22-10-7-17-14-20(28)9-11-21(17)25(22)32(31-24)13-5-3-4-12-29/h2*6-7,9-11,13,16-17,22H,3-5,8,12,14H2,1-2H3,(H,32,35);7,11,15,20-21,24H,4-6,8-10,12-14,16-17H2,1-3H3,(H,30,33);9,11,14,18-19,23H,3-8,10,12-13,15-16H2,1-2H3,(H,30,33). The van der Waals surface area contributed by atoms with E-state index in [0.717, 1.165) is 222 Å². The minimum Gasteiger partial charge on any atom is -0.350 e. The molecule has 0 aliphatic heterocycles. The molecule has 4 heterocycles. The largest absolute Gasteiger partial charge is 0.350 e. The number of aryl methyl sites for hydroxylation is 7. The fraction of sp³-hybridized carbons (Fsp3) is 0.532. The molecule has 12 unspecified atom stereocenters. The lowest BCUT2D eigenvalue weighted by molar-refractivity contribution is -0.103.